The monoisotopic (exact) mass is 368 g/mol. The number of hydrogen-bond donors (Lipinski definition) is 1. The molecule has 0 aliphatic heterocycles. The molecule has 9 heteroatoms. The quantitative estimate of drug-likeness (QED) is 0.564. The fourth-order valence-corrected chi connectivity index (χ4v) is 3.06. The van der Waals surface area contributed by atoms with Crippen molar-refractivity contribution in [2.24, 2.45) is 12.8 Å². The molecule has 0 fully saturated rings. The van der Waals surface area contributed by atoms with Crippen LogP contribution in [0.1, 0.15) is 22.6 Å². The van der Waals surface area contributed by atoms with Gasteiger partial charge in [-0.2, -0.15) is 0 Å². The number of nitrogens with two attached hydrogens (primary N) is 1. The highest BCUT2D eigenvalue weighted by Gasteiger charge is 2.14. The number of ether oxygens (including phenoxy) is 1. The van der Waals surface area contributed by atoms with Crippen LogP contribution in [0.2, 0.25) is 5.02 Å². The number of benzene rings is 1. The van der Waals surface area contributed by atoms with Gasteiger partial charge in [-0.1, -0.05) is 23.4 Å². The first-order chi connectivity index (χ1) is 11.4. The van der Waals surface area contributed by atoms with E-state index in [0.717, 1.165) is 0 Å². The van der Waals surface area contributed by atoms with Gasteiger partial charge in [0.1, 0.15) is 11.6 Å². The van der Waals surface area contributed by atoms with Crippen LogP contribution in [0.5, 0.6) is 5.75 Å². The molecular formula is C15H17ClN4O3S. The van der Waals surface area contributed by atoms with Gasteiger partial charge >= 0.3 is 0 Å². The van der Waals surface area contributed by atoms with Crippen LogP contribution < -0.4 is 10.5 Å². The van der Waals surface area contributed by atoms with Gasteiger partial charge in [-0.15, -0.1) is 10.2 Å². The highest BCUT2D eigenvalue weighted by molar-refractivity contribution is 7.99. The standard InChI is InChI=1S/C15H17ClN4O3S/c1-20-14(6-5-13(17)22)18-19-15(20)24-8-11(21)9-3-4-12(23-2)10(16)7-9/h3-4,7H,5-6,8H2,1-2H3,(H2,17,22). The summed E-state index contributed by atoms with van der Waals surface area (Å²) in [5.41, 5.74) is 5.63. The molecule has 0 bridgehead atoms. The third-order valence-electron chi connectivity index (χ3n) is 3.33. The van der Waals surface area contributed by atoms with Crippen molar-refractivity contribution in [3.05, 3.63) is 34.6 Å². The smallest absolute Gasteiger partial charge is 0.217 e. The van der Waals surface area contributed by atoms with E-state index >= 15 is 0 Å². The Labute approximate surface area is 148 Å². The number of rotatable bonds is 8. The summed E-state index contributed by atoms with van der Waals surface area (Å²) in [6, 6.07) is 4.91. The van der Waals surface area contributed by atoms with Crippen LogP contribution in [0.25, 0.3) is 0 Å². The first-order valence-corrected chi connectivity index (χ1v) is 8.44. The summed E-state index contributed by atoms with van der Waals surface area (Å²) < 4.78 is 6.82. The first-order valence-electron chi connectivity index (χ1n) is 7.08. The van der Waals surface area contributed by atoms with Crippen molar-refractivity contribution in [1.82, 2.24) is 14.8 Å². The average Bonchev–Trinajstić information content (AvgIpc) is 2.90. The summed E-state index contributed by atoms with van der Waals surface area (Å²) in [6.07, 6.45) is 0.626. The van der Waals surface area contributed by atoms with Crippen molar-refractivity contribution in [2.45, 2.75) is 18.0 Å². The molecule has 0 unspecified atom stereocenters. The van der Waals surface area contributed by atoms with Crippen molar-refractivity contribution >= 4 is 35.1 Å². The molecule has 128 valence electrons. The van der Waals surface area contributed by atoms with Crippen molar-refractivity contribution in [1.29, 1.82) is 0 Å². The third kappa shape index (κ3) is 4.48. The van der Waals surface area contributed by atoms with E-state index in [0.29, 0.717) is 33.7 Å². The van der Waals surface area contributed by atoms with E-state index in [-0.39, 0.29) is 18.0 Å². The zero-order valence-electron chi connectivity index (χ0n) is 13.3. The number of halogens is 1. The number of nitrogens with zero attached hydrogens (tertiary/aromatic N) is 3. The SMILES string of the molecule is COc1ccc(C(=O)CSc2nnc(CCC(N)=O)n2C)cc1Cl. The van der Waals surface area contributed by atoms with Crippen LogP contribution >= 0.6 is 23.4 Å². The number of Topliss-reactive ketones (excluding diaryl/α,β-unsaturated/α-hetero) is 1. The third-order valence-corrected chi connectivity index (χ3v) is 4.64. The Morgan fingerprint density at radius 3 is 2.75 bits per heavy atom. The molecule has 1 heterocycles. The van der Waals surface area contributed by atoms with Gasteiger partial charge in [-0.25, -0.2) is 0 Å². The maximum absolute atomic E-state index is 12.3. The van der Waals surface area contributed by atoms with Gasteiger partial charge in [0.25, 0.3) is 0 Å². The number of aryl methyl sites for hydroxylation is 1. The highest BCUT2D eigenvalue weighted by atomic mass is 35.5. The van der Waals surface area contributed by atoms with Gasteiger partial charge in [0.05, 0.1) is 17.9 Å². The van der Waals surface area contributed by atoms with E-state index in [9.17, 15) is 9.59 Å². The highest BCUT2D eigenvalue weighted by Crippen LogP contribution is 2.26. The second-order valence-corrected chi connectivity index (χ2v) is 6.34. The fraction of sp³-hybridized carbons (Fsp3) is 0.333. The Bertz CT molecular complexity index is 763. The van der Waals surface area contributed by atoms with Crippen LogP contribution in [-0.4, -0.2) is 39.3 Å². The van der Waals surface area contributed by atoms with Crippen molar-refractivity contribution in [2.75, 3.05) is 12.9 Å². The number of primary amides is 1. The van der Waals surface area contributed by atoms with Gasteiger partial charge in [0.2, 0.25) is 5.91 Å². The summed E-state index contributed by atoms with van der Waals surface area (Å²) in [5.74, 6) is 0.902. The van der Waals surface area contributed by atoms with Gasteiger partial charge in [-0.05, 0) is 18.2 Å². The van der Waals surface area contributed by atoms with Crippen molar-refractivity contribution in [3.63, 3.8) is 0 Å². The number of carbonyl (C=O) groups is 2. The summed E-state index contributed by atoms with van der Waals surface area (Å²) in [7, 11) is 3.30. The Kier molecular flexibility index (Phi) is 6.22. The number of amides is 1. The number of aromatic nitrogens is 3. The minimum Gasteiger partial charge on any atom is -0.495 e. The van der Waals surface area contributed by atoms with E-state index in [1.165, 1.54) is 18.9 Å². The normalized spacial score (nSPS) is 10.6. The van der Waals surface area contributed by atoms with E-state index in [1.807, 2.05) is 0 Å². The molecule has 1 aromatic carbocycles. The second kappa shape index (κ2) is 8.16. The summed E-state index contributed by atoms with van der Waals surface area (Å²) in [4.78, 5) is 23.1. The molecule has 0 aliphatic carbocycles. The zero-order chi connectivity index (χ0) is 17.7. The molecule has 0 spiro atoms. The van der Waals surface area contributed by atoms with Crippen LogP contribution in [0.3, 0.4) is 0 Å². The van der Waals surface area contributed by atoms with Crippen molar-refractivity contribution < 1.29 is 14.3 Å². The zero-order valence-corrected chi connectivity index (χ0v) is 14.9. The van der Waals surface area contributed by atoms with E-state index < -0.39 is 5.91 Å². The Morgan fingerprint density at radius 1 is 1.38 bits per heavy atom. The summed E-state index contributed by atoms with van der Waals surface area (Å²) in [6.45, 7) is 0. The maximum Gasteiger partial charge on any atom is 0.217 e. The molecule has 2 rings (SSSR count). The summed E-state index contributed by atoms with van der Waals surface area (Å²) in [5, 5.41) is 9.03. The number of thioether (sulfide) groups is 1. The largest absolute Gasteiger partial charge is 0.495 e. The molecule has 0 saturated heterocycles. The topological polar surface area (TPSA) is 100 Å². The number of carbonyl (C=O) groups excluding carboxylic acids is 2. The Morgan fingerprint density at radius 2 is 2.12 bits per heavy atom. The first kappa shape index (κ1) is 18.3. The lowest BCUT2D eigenvalue weighted by Crippen LogP contribution is -2.13. The molecule has 0 radical (unpaired) electrons. The Balaban J connectivity index is 1.99. The molecule has 0 saturated carbocycles. The predicted molar refractivity (Wildman–Crippen MR) is 91.6 cm³/mol. The summed E-state index contributed by atoms with van der Waals surface area (Å²) >= 11 is 7.30. The minimum atomic E-state index is -0.390. The lowest BCUT2D eigenvalue weighted by atomic mass is 10.1. The molecule has 1 amide bonds. The molecule has 2 N–H and O–H groups in total. The molecule has 1 aromatic heterocycles. The van der Waals surface area contributed by atoms with Crippen molar-refractivity contribution in [3.8, 4) is 5.75 Å². The molecular weight excluding hydrogens is 352 g/mol. The lowest BCUT2D eigenvalue weighted by molar-refractivity contribution is -0.118. The van der Waals surface area contributed by atoms with Gasteiger partial charge in [0.15, 0.2) is 10.9 Å². The van der Waals surface area contributed by atoms with Gasteiger partial charge < -0.3 is 15.0 Å². The molecule has 0 aliphatic rings. The average molecular weight is 369 g/mol. The fourth-order valence-electron chi connectivity index (χ4n) is 1.98. The number of methoxy groups -OCH3 is 1. The predicted octanol–water partition coefficient (Wildman–Crippen LogP) is 1.87. The maximum atomic E-state index is 12.3. The number of ketones is 1. The van der Waals surface area contributed by atoms with Gasteiger partial charge in [0, 0.05) is 25.5 Å². The Hall–Kier alpha value is -2.06. The van der Waals surface area contributed by atoms with E-state index in [2.05, 4.69) is 10.2 Å². The minimum absolute atomic E-state index is 0.0776. The molecule has 0 atom stereocenters. The van der Waals surface area contributed by atoms with Crippen LogP contribution in [0.15, 0.2) is 23.4 Å². The van der Waals surface area contributed by atoms with Gasteiger partial charge in [-0.3, -0.25) is 9.59 Å². The van der Waals surface area contributed by atoms with Crippen LogP contribution in [0.4, 0.5) is 0 Å². The van der Waals surface area contributed by atoms with Crippen LogP contribution in [0, 0.1) is 0 Å². The van der Waals surface area contributed by atoms with E-state index in [1.54, 1.807) is 29.8 Å². The number of hydrogen-bond acceptors (Lipinski definition) is 6. The molecule has 2 aromatic rings. The second-order valence-electron chi connectivity index (χ2n) is 4.99. The molecule has 7 nitrogen and oxygen atoms in total. The lowest BCUT2D eigenvalue weighted by Gasteiger charge is -2.06. The molecule has 24 heavy (non-hydrogen) atoms. The van der Waals surface area contributed by atoms with Crippen LogP contribution in [-0.2, 0) is 18.3 Å². The van der Waals surface area contributed by atoms with E-state index in [4.69, 9.17) is 22.1 Å².